The number of hydrogen-bond acceptors (Lipinski definition) is 6. The number of amides is 1. The first-order chi connectivity index (χ1) is 9.13. The van der Waals surface area contributed by atoms with E-state index in [0.29, 0.717) is 15.8 Å². The predicted octanol–water partition coefficient (Wildman–Crippen LogP) is 0.171. The van der Waals surface area contributed by atoms with E-state index in [2.05, 4.69) is 27.2 Å². The molecule has 0 unspecified atom stereocenters. The Bertz CT molecular complexity index is 449. The number of carbonyl (C=O) groups excluding carboxylic acids is 1. The Morgan fingerprint density at radius 2 is 2.26 bits per heavy atom. The van der Waals surface area contributed by atoms with Crippen molar-refractivity contribution in [2.24, 2.45) is 15.7 Å². The highest BCUT2D eigenvalue weighted by atomic mass is 32.2. The first kappa shape index (κ1) is 14.1. The fraction of sp³-hybridized carbons (Fsp3) is 0.583. The van der Waals surface area contributed by atoms with Crippen molar-refractivity contribution >= 4 is 27.8 Å². The summed E-state index contributed by atoms with van der Waals surface area (Å²) in [6.07, 6.45) is 3.34. The van der Waals surface area contributed by atoms with E-state index < -0.39 is 0 Å². The van der Waals surface area contributed by atoms with Gasteiger partial charge in [-0.3, -0.25) is 9.79 Å². The van der Waals surface area contributed by atoms with Crippen molar-refractivity contribution in [1.29, 1.82) is 0 Å². The Hall–Kier alpha value is -1.34. The lowest BCUT2D eigenvalue weighted by molar-refractivity contribution is -0.115. The van der Waals surface area contributed by atoms with Gasteiger partial charge in [-0.15, -0.1) is 0 Å². The van der Waals surface area contributed by atoms with Gasteiger partial charge in [0.1, 0.15) is 10.7 Å². The number of nitrogens with one attached hydrogen (secondary N) is 1. The van der Waals surface area contributed by atoms with E-state index in [9.17, 15) is 4.79 Å². The fourth-order valence-corrected chi connectivity index (χ4v) is 2.88. The lowest BCUT2D eigenvalue weighted by Gasteiger charge is -2.29. The normalized spacial score (nSPS) is 25.9. The third kappa shape index (κ3) is 3.36. The highest BCUT2D eigenvalue weighted by Gasteiger charge is 2.27. The highest BCUT2D eigenvalue weighted by molar-refractivity contribution is 8.29. The molecule has 2 aliphatic heterocycles. The monoisotopic (exact) mass is 281 g/mol. The maximum absolute atomic E-state index is 12.1. The first-order valence-electron chi connectivity index (χ1n) is 6.29. The Kier molecular flexibility index (Phi) is 4.60. The number of thioether (sulfide) groups is 1. The van der Waals surface area contributed by atoms with Crippen LogP contribution >= 0.6 is 11.8 Å². The van der Waals surface area contributed by atoms with Gasteiger partial charge in [-0.05, 0) is 44.7 Å². The molecule has 1 saturated heterocycles. The molecule has 3 N–H and O–H groups in total. The maximum Gasteiger partial charge on any atom is 0.277 e. The van der Waals surface area contributed by atoms with Crippen LogP contribution in [0.5, 0.6) is 0 Å². The molecule has 6 nitrogen and oxygen atoms in total. The van der Waals surface area contributed by atoms with E-state index in [1.165, 1.54) is 18.0 Å². The van der Waals surface area contributed by atoms with Crippen molar-refractivity contribution in [3.8, 4) is 0 Å². The zero-order chi connectivity index (χ0) is 13.8. The van der Waals surface area contributed by atoms with Gasteiger partial charge >= 0.3 is 0 Å². The van der Waals surface area contributed by atoms with Gasteiger partial charge in [-0.2, -0.15) is 0 Å². The summed E-state index contributed by atoms with van der Waals surface area (Å²) in [5.41, 5.74) is 6.03. The smallest absolute Gasteiger partial charge is 0.277 e. The quantitative estimate of drug-likeness (QED) is 0.756. The van der Waals surface area contributed by atoms with Gasteiger partial charge in [0.15, 0.2) is 5.04 Å². The summed E-state index contributed by atoms with van der Waals surface area (Å²) in [6, 6.07) is 0.236. The molecule has 2 heterocycles. The predicted molar refractivity (Wildman–Crippen MR) is 79.3 cm³/mol. The van der Waals surface area contributed by atoms with Gasteiger partial charge in [0, 0.05) is 19.3 Å². The number of carbonyl (C=O) groups is 1. The van der Waals surface area contributed by atoms with Crippen LogP contribution in [0.4, 0.5) is 0 Å². The van der Waals surface area contributed by atoms with Gasteiger partial charge in [-0.1, -0.05) is 0 Å². The highest BCUT2D eigenvalue weighted by Crippen LogP contribution is 2.24. The summed E-state index contributed by atoms with van der Waals surface area (Å²) < 4.78 is 0. The number of aliphatic imine (C=N–C) groups is 2. The number of nitrogens with two attached hydrogens (primary N) is 1. The van der Waals surface area contributed by atoms with Crippen LogP contribution in [-0.4, -0.2) is 54.1 Å². The summed E-state index contributed by atoms with van der Waals surface area (Å²) in [4.78, 5) is 22.6. The number of likely N-dealkylation sites (tertiary alicyclic amines) is 1. The molecule has 0 aromatic heterocycles. The fourth-order valence-electron chi connectivity index (χ4n) is 2.09. The molecule has 0 aromatic rings. The van der Waals surface area contributed by atoms with E-state index >= 15 is 0 Å². The zero-order valence-corrected chi connectivity index (χ0v) is 12.0. The van der Waals surface area contributed by atoms with Crippen LogP contribution in [0.1, 0.15) is 12.8 Å². The Balaban J connectivity index is 1.94. The van der Waals surface area contributed by atoms with Crippen LogP contribution in [0.3, 0.4) is 0 Å². The van der Waals surface area contributed by atoms with E-state index in [1.807, 2.05) is 0 Å². The lowest BCUT2D eigenvalue weighted by Crippen LogP contribution is -2.44. The number of piperidine rings is 1. The summed E-state index contributed by atoms with van der Waals surface area (Å²) in [7, 11) is 3.76. The molecule has 19 heavy (non-hydrogen) atoms. The van der Waals surface area contributed by atoms with Crippen LogP contribution in [-0.2, 0) is 4.79 Å². The largest absolute Gasteiger partial charge is 0.403 e. The molecule has 7 heteroatoms. The van der Waals surface area contributed by atoms with Crippen LogP contribution in [0.25, 0.3) is 0 Å². The van der Waals surface area contributed by atoms with Gasteiger partial charge < -0.3 is 16.0 Å². The molecule has 0 spiro atoms. The van der Waals surface area contributed by atoms with Crippen molar-refractivity contribution in [3.05, 3.63) is 11.9 Å². The molecule has 0 aliphatic carbocycles. The molecule has 0 radical (unpaired) electrons. The molecule has 0 saturated carbocycles. The van der Waals surface area contributed by atoms with Crippen LogP contribution < -0.4 is 11.1 Å². The van der Waals surface area contributed by atoms with Crippen LogP contribution in [0.2, 0.25) is 0 Å². The molecular formula is C12H19N5OS. The molecule has 104 valence electrons. The van der Waals surface area contributed by atoms with E-state index in [0.717, 1.165) is 25.9 Å². The Morgan fingerprint density at radius 1 is 1.58 bits per heavy atom. The molecular weight excluding hydrogens is 262 g/mol. The summed E-state index contributed by atoms with van der Waals surface area (Å²) in [5, 5.41) is 4.15. The minimum atomic E-state index is -0.127. The number of hydrogen-bond donors (Lipinski definition) is 2. The molecule has 1 fully saturated rings. The molecule has 2 aliphatic rings. The molecule has 0 aromatic carbocycles. The first-order valence-corrected chi connectivity index (χ1v) is 7.10. The van der Waals surface area contributed by atoms with Crippen LogP contribution in [0, 0.1) is 0 Å². The molecule has 2 rings (SSSR count). The minimum Gasteiger partial charge on any atom is -0.403 e. The van der Waals surface area contributed by atoms with Crippen molar-refractivity contribution in [3.63, 3.8) is 0 Å². The average Bonchev–Trinajstić information content (AvgIpc) is 2.84. The summed E-state index contributed by atoms with van der Waals surface area (Å²) in [5.74, 6) is -0.127. The van der Waals surface area contributed by atoms with Gasteiger partial charge in [0.05, 0.1) is 0 Å². The zero-order valence-electron chi connectivity index (χ0n) is 11.2. The van der Waals surface area contributed by atoms with Crippen molar-refractivity contribution < 1.29 is 4.79 Å². The van der Waals surface area contributed by atoms with Gasteiger partial charge in [0.2, 0.25) is 0 Å². The summed E-state index contributed by atoms with van der Waals surface area (Å²) in [6.45, 7) is 2.03. The third-order valence-electron chi connectivity index (χ3n) is 3.24. The van der Waals surface area contributed by atoms with Gasteiger partial charge in [0.25, 0.3) is 5.91 Å². The van der Waals surface area contributed by atoms with Crippen molar-refractivity contribution in [2.45, 2.75) is 18.9 Å². The van der Waals surface area contributed by atoms with Crippen LogP contribution in [0.15, 0.2) is 21.9 Å². The SMILES string of the molecule is C/N=C1/SC(C(=O)NC2CCN(C)CC2)=N/C1=C/N. The second-order valence-corrected chi connectivity index (χ2v) is 5.63. The maximum atomic E-state index is 12.1. The van der Waals surface area contributed by atoms with Crippen molar-refractivity contribution in [1.82, 2.24) is 10.2 Å². The number of rotatable bonds is 2. The molecule has 1 amide bonds. The van der Waals surface area contributed by atoms with E-state index in [-0.39, 0.29) is 11.9 Å². The summed E-state index contributed by atoms with van der Waals surface area (Å²) >= 11 is 1.27. The molecule has 0 atom stereocenters. The van der Waals surface area contributed by atoms with E-state index in [1.54, 1.807) is 7.05 Å². The average molecular weight is 281 g/mol. The number of nitrogens with zero attached hydrogens (tertiary/aromatic N) is 3. The second kappa shape index (κ2) is 6.21. The van der Waals surface area contributed by atoms with E-state index in [4.69, 9.17) is 5.73 Å². The minimum absolute atomic E-state index is 0.127. The second-order valence-electron chi connectivity index (χ2n) is 4.65. The standard InChI is InChI=1S/C12H19N5OS/c1-14-11-9(7-13)16-12(19-11)10(18)15-8-3-5-17(2)6-4-8/h7-8H,3-6,13H2,1-2H3,(H,15,18)/b9-7+,14-11+. The Labute approximate surface area is 117 Å². The topological polar surface area (TPSA) is 83.1 Å². The third-order valence-corrected chi connectivity index (χ3v) is 4.30. The lowest BCUT2D eigenvalue weighted by atomic mass is 10.1. The van der Waals surface area contributed by atoms with Crippen molar-refractivity contribution in [2.75, 3.05) is 27.2 Å². The Morgan fingerprint density at radius 3 is 2.79 bits per heavy atom. The van der Waals surface area contributed by atoms with Gasteiger partial charge in [-0.25, -0.2) is 4.99 Å². The molecule has 0 bridgehead atoms.